The first-order valence-corrected chi connectivity index (χ1v) is 12.2. The first kappa shape index (κ1) is 27.4. The van der Waals surface area contributed by atoms with Gasteiger partial charge in [0.25, 0.3) is 0 Å². The lowest BCUT2D eigenvalue weighted by molar-refractivity contribution is -0.136. The standard InChI is InChI=1S/C25H39N5O2.HI/c1-4-21(5-2)24(32)29-14-11-22(12-15-29)28-25(26-3)27-17-19-8-6-9-20(16-19)18-30-13-7-10-23(30)31;/h6,8-9,16,21-22H,4-5,7,10-15,17-18H2,1-3H3,(H2,26,27,28);1H. The monoisotopic (exact) mass is 569 g/mol. The van der Waals surface area contributed by atoms with Gasteiger partial charge in [0.05, 0.1) is 0 Å². The summed E-state index contributed by atoms with van der Waals surface area (Å²) in [5.74, 6) is 1.51. The molecule has 7 nitrogen and oxygen atoms in total. The molecule has 184 valence electrons. The van der Waals surface area contributed by atoms with Gasteiger partial charge in [-0.3, -0.25) is 14.6 Å². The Morgan fingerprint density at radius 3 is 2.45 bits per heavy atom. The highest BCUT2D eigenvalue weighted by Crippen LogP contribution is 2.18. The molecule has 2 amide bonds. The molecule has 2 saturated heterocycles. The summed E-state index contributed by atoms with van der Waals surface area (Å²) in [4.78, 5) is 32.9. The number of piperidine rings is 1. The number of rotatable bonds is 8. The zero-order valence-corrected chi connectivity index (χ0v) is 22.6. The smallest absolute Gasteiger partial charge is 0.225 e. The number of carbonyl (C=O) groups excluding carboxylic acids is 2. The Balaban J connectivity index is 0.00000385. The third-order valence-electron chi connectivity index (χ3n) is 6.70. The fraction of sp³-hybridized carbons (Fsp3) is 0.640. The van der Waals surface area contributed by atoms with Crippen LogP contribution in [-0.4, -0.2) is 60.3 Å². The lowest BCUT2D eigenvalue weighted by Crippen LogP contribution is -2.50. The number of nitrogens with zero attached hydrogens (tertiary/aromatic N) is 3. The van der Waals surface area contributed by atoms with Gasteiger partial charge in [-0.15, -0.1) is 24.0 Å². The lowest BCUT2D eigenvalue weighted by Gasteiger charge is -2.34. The van der Waals surface area contributed by atoms with Crippen LogP contribution in [0.2, 0.25) is 0 Å². The molecule has 2 N–H and O–H groups in total. The van der Waals surface area contributed by atoms with E-state index in [9.17, 15) is 9.59 Å². The molecule has 0 atom stereocenters. The minimum absolute atomic E-state index is 0. The predicted octanol–water partition coefficient (Wildman–Crippen LogP) is 3.52. The number of hydrogen-bond acceptors (Lipinski definition) is 3. The van der Waals surface area contributed by atoms with Crippen LogP contribution < -0.4 is 10.6 Å². The van der Waals surface area contributed by atoms with E-state index in [1.807, 2.05) is 9.80 Å². The highest BCUT2D eigenvalue weighted by Gasteiger charge is 2.27. The quantitative estimate of drug-likeness (QED) is 0.286. The summed E-state index contributed by atoms with van der Waals surface area (Å²) in [7, 11) is 1.79. The Kier molecular flexibility index (Phi) is 11.4. The molecule has 2 aliphatic rings. The Bertz CT molecular complexity index is 804. The van der Waals surface area contributed by atoms with Crippen molar-refractivity contribution in [3.05, 3.63) is 35.4 Å². The maximum Gasteiger partial charge on any atom is 0.225 e. The molecule has 0 aliphatic carbocycles. The van der Waals surface area contributed by atoms with E-state index >= 15 is 0 Å². The predicted molar refractivity (Wildman–Crippen MR) is 144 cm³/mol. The van der Waals surface area contributed by atoms with Crippen molar-refractivity contribution in [1.82, 2.24) is 20.4 Å². The summed E-state index contributed by atoms with van der Waals surface area (Å²) in [6.07, 6.45) is 5.35. The Hall–Kier alpha value is -1.84. The normalized spacial score (nSPS) is 17.3. The van der Waals surface area contributed by atoms with Crippen LogP contribution >= 0.6 is 24.0 Å². The fourth-order valence-corrected chi connectivity index (χ4v) is 4.64. The van der Waals surface area contributed by atoms with E-state index < -0.39 is 0 Å². The summed E-state index contributed by atoms with van der Waals surface area (Å²) in [6.45, 7) is 8.03. The minimum atomic E-state index is 0. The molecular weight excluding hydrogens is 529 g/mol. The second-order valence-corrected chi connectivity index (χ2v) is 8.92. The Morgan fingerprint density at radius 1 is 1.15 bits per heavy atom. The summed E-state index contributed by atoms with van der Waals surface area (Å²) >= 11 is 0. The fourth-order valence-electron chi connectivity index (χ4n) is 4.64. The van der Waals surface area contributed by atoms with E-state index in [-0.39, 0.29) is 35.8 Å². The van der Waals surface area contributed by atoms with Crippen LogP contribution in [0.4, 0.5) is 0 Å². The number of hydrogen-bond donors (Lipinski definition) is 2. The van der Waals surface area contributed by atoms with Crippen molar-refractivity contribution in [3.8, 4) is 0 Å². The maximum atomic E-state index is 12.6. The lowest BCUT2D eigenvalue weighted by atomic mass is 9.98. The second-order valence-electron chi connectivity index (χ2n) is 8.92. The summed E-state index contributed by atoms with van der Waals surface area (Å²) in [6, 6.07) is 8.71. The van der Waals surface area contributed by atoms with E-state index in [4.69, 9.17) is 0 Å². The summed E-state index contributed by atoms with van der Waals surface area (Å²) < 4.78 is 0. The molecule has 0 aromatic heterocycles. The van der Waals surface area contributed by atoms with Crippen molar-refractivity contribution < 1.29 is 9.59 Å². The third kappa shape index (κ3) is 7.86. The van der Waals surface area contributed by atoms with Gasteiger partial charge in [0, 0.05) is 58.2 Å². The molecule has 1 aromatic carbocycles. The van der Waals surface area contributed by atoms with Crippen LogP contribution in [0.1, 0.15) is 63.5 Å². The first-order chi connectivity index (χ1) is 15.5. The number of guanidine groups is 1. The third-order valence-corrected chi connectivity index (χ3v) is 6.70. The highest BCUT2D eigenvalue weighted by atomic mass is 127. The molecular formula is C25H40IN5O2. The topological polar surface area (TPSA) is 77.0 Å². The Morgan fingerprint density at radius 2 is 1.85 bits per heavy atom. The van der Waals surface area contributed by atoms with Crippen LogP contribution in [0.25, 0.3) is 0 Å². The molecule has 1 aromatic rings. The van der Waals surface area contributed by atoms with Crippen molar-refractivity contribution >= 4 is 41.8 Å². The molecule has 8 heteroatoms. The number of likely N-dealkylation sites (tertiary alicyclic amines) is 2. The molecule has 0 unspecified atom stereocenters. The van der Waals surface area contributed by atoms with Crippen molar-refractivity contribution in [2.45, 2.75) is 71.5 Å². The molecule has 0 spiro atoms. The zero-order chi connectivity index (χ0) is 22.9. The van der Waals surface area contributed by atoms with Crippen molar-refractivity contribution in [2.75, 3.05) is 26.7 Å². The molecule has 2 aliphatic heterocycles. The second kappa shape index (κ2) is 13.8. The van der Waals surface area contributed by atoms with Crippen LogP contribution in [0, 0.1) is 5.92 Å². The minimum Gasteiger partial charge on any atom is -0.354 e. The van der Waals surface area contributed by atoms with Crippen molar-refractivity contribution in [3.63, 3.8) is 0 Å². The molecule has 2 fully saturated rings. The van der Waals surface area contributed by atoms with Crippen LogP contribution in [0.5, 0.6) is 0 Å². The Labute approximate surface area is 215 Å². The summed E-state index contributed by atoms with van der Waals surface area (Å²) in [5, 5.41) is 6.93. The molecule has 3 rings (SSSR count). The van der Waals surface area contributed by atoms with Crippen LogP contribution in [0.15, 0.2) is 29.3 Å². The van der Waals surface area contributed by atoms with Gasteiger partial charge >= 0.3 is 0 Å². The first-order valence-electron chi connectivity index (χ1n) is 12.2. The van der Waals surface area contributed by atoms with Gasteiger partial charge in [-0.25, -0.2) is 0 Å². The van der Waals surface area contributed by atoms with E-state index in [0.717, 1.165) is 63.3 Å². The van der Waals surface area contributed by atoms with E-state index in [1.54, 1.807) is 7.05 Å². The van der Waals surface area contributed by atoms with Gasteiger partial charge in [0.15, 0.2) is 5.96 Å². The van der Waals surface area contributed by atoms with Gasteiger partial charge < -0.3 is 20.4 Å². The van der Waals surface area contributed by atoms with Crippen molar-refractivity contribution in [2.24, 2.45) is 10.9 Å². The molecule has 2 heterocycles. The van der Waals surface area contributed by atoms with Gasteiger partial charge in [0.1, 0.15) is 0 Å². The highest BCUT2D eigenvalue weighted by molar-refractivity contribution is 14.0. The zero-order valence-electron chi connectivity index (χ0n) is 20.3. The number of halogens is 1. The SMILES string of the molecule is CCC(CC)C(=O)N1CCC(NC(=NC)NCc2cccc(CN3CCCC3=O)c2)CC1.I. The molecule has 0 saturated carbocycles. The number of aliphatic imine (C=N–C) groups is 1. The van der Waals surface area contributed by atoms with E-state index in [0.29, 0.717) is 31.5 Å². The maximum absolute atomic E-state index is 12.6. The van der Waals surface area contributed by atoms with Gasteiger partial charge in [-0.05, 0) is 43.2 Å². The van der Waals surface area contributed by atoms with E-state index in [2.05, 4.69) is 53.7 Å². The number of nitrogens with one attached hydrogen (secondary N) is 2. The summed E-state index contributed by atoms with van der Waals surface area (Å²) in [5.41, 5.74) is 2.33. The number of amides is 2. The molecule has 0 radical (unpaired) electrons. The number of carbonyl (C=O) groups is 2. The van der Waals surface area contributed by atoms with Crippen LogP contribution in [0.3, 0.4) is 0 Å². The van der Waals surface area contributed by atoms with Gasteiger partial charge in [0.2, 0.25) is 11.8 Å². The molecule has 33 heavy (non-hydrogen) atoms. The van der Waals surface area contributed by atoms with E-state index in [1.165, 1.54) is 5.56 Å². The average Bonchev–Trinajstić information content (AvgIpc) is 3.22. The largest absolute Gasteiger partial charge is 0.354 e. The van der Waals surface area contributed by atoms with Gasteiger partial charge in [-0.2, -0.15) is 0 Å². The van der Waals surface area contributed by atoms with Crippen molar-refractivity contribution in [1.29, 1.82) is 0 Å². The molecule has 0 bridgehead atoms. The van der Waals surface area contributed by atoms with Gasteiger partial charge in [-0.1, -0.05) is 38.1 Å². The number of benzene rings is 1. The van der Waals surface area contributed by atoms with Crippen LogP contribution in [-0.2, 0) is 22.7 Å². The average molecular weight is 570 g/mol.